The minimum Gasteiger partial charge on any atom is -0.480 e. The van der Waals surface area contributed by atoms with Gasteiger partial charge < -0.3 is 61.9 Å². The van der Waals surface area contributed by atoms with E-state index in [9.17, 15) is 14.4 Å². The lowest BCUT2D eigenvalue weighted by atomic mass is 10.1. The highest BCUT2D eigenvalue weighted by Crippen LogP contribution is 2.25. The van der Waals surface area contributed by atoms with Gasteiger partial charge in [0, 0.05) is 0 Å². The fourth-order valence-electron chi connectivity index (χ4n) is 7.19. The topological polar surface area (TPSA) is 262 Å². The molecule has 0 atom stereocenters. The number of carbonyl (C=O) groups is 3. The van der Waals surface area contributed by atoms with Gasteiger partial charge in [-0.3, -0.25) is 14.4 Å². The van der Waals surface area contributed by atoms with E-state index in [0.717, 1.165) is 78.2 Å². The predicted octanol–water partition coefficient (Wildman–Crippen LogP) is 9.76. The maximum absolute atomic E-state index is 10.3. The fraction of sp³-hybridized carbons (Fsp3) is 0.941. The predicted molar refractivity (Wildman–Crippen MR) is 284 cm³/mol. The summed E-state index contributed by atoms with van der Waals surface area (Å²) >= 11 is 0. The van der Waals surface area contributed by atoms with Crippen LogP contribution in [0.3, 0.4) is 0 Å². The average Bonchev–Trinajstić information content (AvgIpc) is 3.28. The third kappa shape index (κ3) is 94.2. The van der Waals surface area contributed by atoms with Crippen molar-refractivity contribution in [2.45, 2.75) is 233 Å². The molecule has 410 valence electrons. The van der Waals surface area contributed by atoms with E-state index in [4.69, 9.17) is 34.6 Å². The average molecular weight is 999 g/mol. The lowest BCUT2D eigenvalue weighted by molar-refractivity contribution is -0.136. The number of aliphatic carboxylic acids is 3. The minimum absolute atomic E-state index is 0.0679. The molecule has 16 nitrogen and oxygen atoms in total. The van der Waals surface area contributed by atoms with Crippen LogP contribution in [0.4, 0.5) is 0 Å². The van der Waals surface area contributed by atoms with Crippen LogP contribution in [0.5, 0.6) is 0 Å². The quantitative estimate of drug-likeness (QED) is 0.0200. The largest absolute Gasteiger partial charge is 0.480 e. The molecule has 0 aliphatic heterocycles. The van der Waals surface area contributed by atoms with Gasteiger partial charge in [0.15, 0.2) is 0 Å². The SMILES string of the molecule is CCCCCCCCCCCCNCCCNCC(=O)O.CCCCCCCCCCCCNCCCNCC(=O)O.CCCCCCCCCCCCNCCCNCC(=O)O.O=P(O)(O)O. The zero-order valence-corrected chi connectivity index (χ0v) is 45.0. The Balaban J connectivity index is -0.000000429. The maximum Gasteiger partial charge on any atom is 0.466 e. The van der Waals surface area contributed by atoms with E-state index < -0.39 is 25.7 Å². The van der Waals surface area contributed by atoms with Crippen LogP contribution in [-0.4, -0.2) is 126 Å². The normalized spacial score (nSPS) is 11.0. The van der Waals surface area contributed by atoms with Crippen LogP contribution >= 0.6 is 7.82 Å². The molecule has 0 aromatic rings. The first-order chi connectivity index (χ1) is 32.8. The van der Waals surface area contributed by atoms with Gasteiger partial charge in [0.25, 0.3) is 0 Å². The second kappa shape index (κ2) is 65.3. The number of phosphoric acid groups is 1. The summed E-state index contributed by atoms with van der Waals surface area (Å²) in [7, 11) is -4.64. The van der Waals surface area contributed by atoms with Gasteiger partial charge in [0.1, 0.15) is 0 Å². The molecule has 0 unspecified atom stereocenters. The first kappa shape index (κ1) is 72.8. The van der Waals surface area contributed by atoms with Gasteiger partial charge >= 0.3 is 25.7 Å². The van der Waals surface area contributed by atoms with Gasteiger partial charge in [0.2, 0.25) is 0 Å². The number of hydrogen-bond donors (Lipinski definition) is 12. The summed E-state index contributed by atoms with van der Waals surface area (Å²) in [5, 5.41) is 44.3. The van der Waals surface area contributed by atoms with Crippen molar-refractivity contribution >= 4 is 25.7 Å². The molecule has 0 fully saturated rings. The molecule has 0 aromatic heterocycles. The molecule has 12 N–H and O–H groups in total. The lowest BCUT2D eigenvalue weighted by Crippen LogP contribution is -2.26. The smallest absolute Gasteiger partial charge is 0.466 e. The molecule has 0 bridgehead atoms. The third-order valence-electron chi connectivity index (χ3n) is 11.1. The molecule has 0 amide bonds. The van der Waals surface area contributed by atoms with Gasteiger partial charge in [-0.25, -0.2) is 4.57 Å². The van der Waals surface area contributed by atoms with Crippen LogP contribution in [0, 0.1) is 0 Å². The van der Waals surface area contributed by atoms with E-state index in [1.165, 1.54) is 193 Å². The molecular weight excluding hydrogens is 888 g/mol. The van der Waals surface area contributed by atoms with Gasteiger partial charge in [-0.2, -0.15) is 0 Å². The van der Waals surface area contributed by atoms with Gasteiger partial charge in [-0.05, 0) is 97.4 Å². The van der Waals surface area contributed by atoms with E-state index in [1.54, 1.807) is 0 Å². The second-order valence-electron chi connectivity index (χ2n) is 18.1. The van der Waals surface area contributed by atoms with Crippen molar-refractivity contribution in [2.24, 2.45) is 0 Å². The molecule has 0 aliphatic rings. The van der Waals surface area contributed by atoms with E-state index in [-0.39, 0.29) is 19.6 Å². The molecule has 0 rings (SSSR count). The molecule has 0 aromatic carbocycles. The van der Waals surface area contributed by atoms with Crippen molar-refractivity contribution in [1.29, 1.82) is 0 Å². The Morgan fingerprint density at radius 2 is 0.426 bits per heavy atom. The van der Waals surface area contributed by atoms with Crippen LogP contribution < -0.4 is 31.9 Å². The molecule has 0 radical (unpaired) electrons. The van der Waals surface area contributed by atoms with Gasteiger partial charge in [0.05, 0.1) is 19.6 Å². The van der Waals surface area contributed by atoms with Gasteiger partial charge in [-0.1, -0.05) is 194 Å². The van der Waals surface area contributed by atoms with E-state index >= 15 is 0 Å². The molecule has 17 heteroatoms. The van der Waals surface area contributed by atoms with Crippen molar-refractivity contribution < 1.29 is 48.9 Å². The number of hydrogen-bond acceptors (Lipinski definition) is 10. The number of carboxylic acids is 3. The number of rotatable bonds is 51. The highest BCUT2D eigenvalue weighted by Gasteiger charge is 2.01. The fourth-order valence-corrected chi connectivity index (χ4v) is 7.19. The highest BCUT2D eigenvalue weighted by atomic mass is 31.2. The second-order valence-corrected chi connectivity index (χ2v) is 19.1. The minimum atomic E-state index is -4.64. The first-order valence-corrected chi connectivity index (χ1v) is 29.1. The number of nitrogens with one attached hydrogen (secondary N) is 6. The van der Waals surface area contributed by atoms with Crippen molar-refractivity contribution in [3.63, 3.8) is 0 Å². The van der Waals surface area contributed by atoms with Gasteiger partial charge in [-0.15, -0.1) is 0 Å². The summed E-state index contributed by atoms with van der Waals surface area (Å²) in [6, 6.07) is 0. The molecule has 0 spiro atoms. The van der Waals surface area contributed by atoms with E-state index in [2.05, 4.69) is 52.7 Å². The zero-order chi connectivity index (χ0) is 51.3. The highest BCUT2D eigenvalue weighted by molar-refractivity contribution is 7.45. The van der Waals surface area contributed by atoms with Crippen LogP contribution in [0.1, 0.15) is 233 Å². The summed E-state index contributed by atoms with van der Waals surface area (Å²) in [6.45, 7) is 15.5. The maximum atomic E-state index is 10.3. The summed E-state index contributed by atoms with van der Waals surface area (Å²) in [6.07, 6.45) is 44.3. The molecule has 0 saturated heterocycles. The van der Waals surface area contributed by atoms with Crippen LogP contribution in [0.25, 0.3) is 0 Å². The Hall–Kier alpha value is -1.72. The lowest BCUT2D eigenvalue weighted by Gasteiger charge is -2.05. The van der Waals surface area contributed by atoms with Crippen molar-refractivity contribution in [2.75, 3.05) is 78.5 Å². The molecule has 0 heterocycles. The van der Waals surface area contributed by atoms with Crippen molar-refractivity contribution in [3.8, 4) is 0 Å². The third-order valence-corrected chi connectivity index (χ3v) is 11.1. The first-order valence-electron chi connectivity index (χ1n) is 27.5. The Morgan fingerprint density at radius 3 is 0.603 bits per heavy atom. The number of carboxylic acid groups (broad SMARTS) is 3. The summed E-state index contributed by atoms with van der Waals surface area (Å²) in [5.74, 6) is -2.35. The zero-order valence-electron chi connectivity index (χ0n) is 44.1. The Labute approximate surface area is 416 Å². The van der Waals surface area contributed by atoms with Crippen LogP contribution in [-0.2, 0) is 18.9 Å². The summed E-state index contributed by atoms with van der Waals surface area (Å²) in [5.41, 5.74) is 0. The van der Waals surface area contributed by atoms with E-state index in [1.807, 2.05) is 0 Å². The van der Waals surface area contributed by atoms with Crippen LogP contribution in [0.2, 0.25) is 0 Å². The van der Waals surface area contributed by atoms with Crippen molar-refractivity contribution in [1.82, 2.24) is 31.9 Å². The Morgan fingerprint density at radius 1 is 0.279 bits per heavy atom. The number of unbranched alkanes of at least 4 members (excludes halogenated alkanes) is 27. The molecular formula is C51H111N6O10P. The molecule has 0 aliphatic carbocycles. The monoisotopic (exact) mass is 999 g/mol. The molecule has 0 saturated carbocycles. The van der Waals surface area contributed by atoms with Crippen molar-refractivity contribution in [3.05, 3.63) is 0 Å². The summed E-state index contributed by atoms with van der Waals surface area (Å²) < 4.78 is 8.88. The van der Waals surface area contributed by atoms with Crippen LogP contribution in [0.15, 0.2) is 0 Å². The van der Waals surface area contributed by atoms with E-state index in [0.29, 0.717) is 0 Å². The summed E-state index contributed by atoms with van der Waals surface area (Å²) in [4.78, 5) is 52.4. The standard InChI is InChI=1S/3C17H36N2O2.H3O4P/c3*1-2-3-4-5-6-7-8-9-10-11-13-18-14-12-15-19-16-17(20)21;1-5(2,3)4/h3*18-19H,2-16H2,1H3,(H,20,21);(H3,1,2,3,4). The molecule has 68 heavy (non-hydrogen) atoms. The Kier molecular flexibility index (Phi) is 69.9. The Bertz CT molecular complexity index is 930.